The molecule has 0 spiro atoms. The fraction of sp³-hybridized carbons (Fsp3) is 0.400. The van der Waals surface area contributed by atoms with Gasteiger partial charge in [0.05, 0.1) is 18.0 Å². The molecule has 2 atom stereocenters. The first-order valence-electron chi connectivity index (χ1n) is 6.98. The molecule has 0 unspecified atom stereocenters. The van der Waals surface area contributed by atoms with Crippen LogP contribution >= 0.6 is 23.2 Å². The van der Waals surface area contributed by atoms with Gasteiger partial charge in [-0.1, -0.05) is 30.3 Å². The summed E-state index contributed by atoms with van der Waals surface area (Å²) in [6, 6.07) is 9.50. The molecule has 5 nitrogen and oxygen atoms in total. The van der Waals surface area contributed by atoms with E-state index in [1.807, 2.05) is 30.3 Å². The molecule has 2 aromatic rings. The smallest absolute Gasteiger partial charge is 0.229 e. The van der Waals surface area contributed by atoms with Gasteiger partial charge in [-0.25, -0.2) is 4.98 Å². The van der Waals surface area contributed by atoms with E-state index in [1.54, 1.807) is 17.9 Å². The van der Waals surface area contributed by atoms with E-state index in [4.69, 9.17) is 23.2 Å². The van der Waals surface area contributed by atoms with Gasteiger partial charge < -0.3 is 5.32 Å². The second-order valence-electron chi connectivity index (χ2n) is 5.77. The van der Waals surface area contributed by atoms with E-state index in [0.717, 1.165) is 5.56 Å². The third kappa shape index (κ3) is 2.83. The lowest BCUT2D eigenvalue weighted by Crippen LogP contribution is -2.38. The number of hydrogen-bond acceptors (Lipinski definition) is 3. The predicted molar refractivity (Wildman–Crippen MR) is 84.5 cm³/mol. The molecule has 0 bridgehead atoms. The zero-order valence-electron chi connectivity index (χ0n) is 12.0. The molecular weight excluding hydrogens is 323 g/mol. The van der Waals surface area contributed by atoms with Gasteiger partial charge in [0, 0.05) is 0 Å². The molecule has 1 saturated carbocycles. The summed E-state index contributed by atoms with van der Waals surface area (Å²) >= 11 is 12.2. The Bertz CT molecular complexity index is 659. The highest BCUT2D eigenvalue weighted by Gasteiger charge is 2.68. The molecule has 0 saturated heterocycles. The van der Waals surface area contributed by atoms with Gasteiger partial charge in [-0.2, -0.15) is 5.10 Å². The van der Waals surface area contributed by atoms with Crippen LogP contribution in [0.1, 0.15) is 24.9 Å². The zero-order valence-corrected chi connectivity index (χ0v) is 13.6. The number of nitrogens with zero attached hydrogens (tertiary/aromatic N) is 3. The van der Waals surface area contributed by atoms with Crippen molar-refractivity contribution in [2.45, 2.75) is 30.3 Å². The molecule has 1 aliphatic carbocycles. The van der Waals surface area contributed by atoms with Crippen LogP contribution in [0.3, 0.4) is 0 Å². The minimum absolute atomic E-state index is 0.147. The van der Waals surface area contributed by atoms with Gasteiger partial charge in [-0.05, 0) is 18.9 Å². The monoisotopic (exact) mass is 338 g/mol. The second-order valence-corrected chi connectivity index (χ2v) is 7.25. The number of benzene rings is 1. The number of halogens is 2. The summed E-state index contributed by atoms with van der Waals surface area (Å²) in [5.41, 5.74) is 0.247. The Hall–Kier alpha value is -1.59. The molecule has 0 aliphatic heterocycles. The third-order valence-electron chi connectivity index (χ3n) is 4.10. The van der Waals surface area contributed by atoms with Crippen LogP contribution in [0.2, 0.25) is 0 Å². The summed E-state index contributed by atoms with van der Waals surface area (Å²) in [7, 11) is 0. The number of nitrogens with one attached hydrogen (secondary N) is 1. The van der Waals surface area contributed by atoms with Crippen molar-refractivity contribution in [2.24, 2.45) is 5.41 Å². The van der Waals surface area contributed by atoms with Crippen molar-refractivity contribution in [2.75, 3.05) is 0 Å². The SMILES string of the molecule is C[C@]1(C(=O)N[C@H](Cn2cncn2)c2ccccc2)CC1(Cl)Cl. The molecule has 1 aromatic carbocycles. The van der Waals surface area contributed by atoms with Gasteiger partial charge in [0.2, 0.25) is 5.91 Å². The number of carbonyl (C=O) groups is 1. The van der Waals surface area contributed by atoms with Crippen molar-refractivity contribution in [1.29, 1.82) is 0 Å². The van der Waals surface area contributed by atoms with Crippen molar-refractivity contribution in [1.82, 2.24) is 20.1 Å². The standard InChI is InChI=1S/C15H16Cl2N4O/c1-14(8-15(14,16)17)13(22)20-12(7-21-10-18-9-19-21)11-5-3-2-4-6-11/h2-6,9-10,12H,7-8H2,1H3,(H,20,22)/t12-,14-/m1/s1. The first-order chi connectivity index (χ1) is 10.4. The Morgan fingerprint density at radius 3 is 2.64 bits per heavy atom. The highest BCUT2D eigenvalue weighted by atomic mass is 35.5. The van der Waals surface area contributed by atoms with E-state index < -0.39 is 9.75 Å². The van der Waals surface area contributed by atoms with Crippen LogP contribution in [0, 0.1) is 5.41 Å². The summed E-state index contributed by atoms with van der Waals surface area (Å²) in [5, 5.41) is 7.13. The molecule has 0 radical (unpaired) electrons. The van der Waals surface area contributed by atoms with E-state index in [9.17, 15) is 4.79 Å². The molecule has 1 amide bonds. The van der Waals surface area contributed by atoms with Crippen LogP contribution in [0.15, 0.2) is 43.0 Å². The van der Waals surface area contributed by atoms with Crippen LogP contribution < -0.4 is 5.32 Å². The first kappa shape index (κ1) is 15.3. The van der Waals surface area contributed by atoms with E-state index in [2.05, 4.69) is 15.4 Å². The lowest BCUT2D eigenvalue weighted by Gasteiger charge is -2.22. The van der Waals surface area contributed by atoms with E-state index in [-0.39, 0.29) is 11.9 Å². The molecule has 22 heavy (non-hydrogen) atoms. The Kier molecular flexibility index (Phi) is 3.87. The zero-order chi connectivity index (χ0) is 15.8. The van der Waals surface area contributed by atoms with Crippen molar-refractivity contribution < 1.29 is 4.79 Å². The van der Waals surface area contributed by atoms with Crippen molar-refractivity contribution >= 4 is 29.1 Å². The van der Waals surface area contributed by atoms with Gasteiger partial charge in [-0.3, -0.25) is 9.48 Å². The number of amides is 1. The van der Waals surface area contributed by atoms with Gasteiger partial charge in [0.1, 0.15) is 17.0 Å². The molecule has 7 heteroatoms. The molecule has 1 fully saturated rings. The molecule has 116 valence electrons. The first-order valence-corrected chi connectivity index (χ1v) is 7.74. The van der Waals surface area contributed by atoms with E-state index in [0.29, 0.717) is 13.0 Å². The number of rotatable bonds is 5. The number of carbonyl (C=O) groups excluding carboxylic acids is 1. The summed E-state index contributed by atoms with van der Waals surface area (Å²) in [4.78, 5) is 16.5. The molecule has 1 heterocycles. The third-order valence-corrected chi connectivity index (χ3v) is 5.20. The van der Waals surface area contributed by atoms with E-state index in [1.165, 1.54) is 6.33 Å². The van der Waals surface area contributed by atoms with Gasteiger partial charge in [-0.15, -0.1) is 23.2 Å². The molecule has 3 rings (SSSR count). The van der Waals surface area contributed by atoms with Gasteiger partial charge in [0.15, 0.2) is 0 Å². The highest BCUT2D eigenvalue weighted by Crippen LogP contribution is 2.63. The number of aromatic nitrogens is 3. The Balaban J connectivity index is 1.79. The van der Waals surface area contributed by atoms with Crippen LogP contribution in [0.4, 0.5) is 0 Å². The van der Waals surface area contributed by atoms with Crippen LogP contribution in [-0.2, 0) is 11.3 Å². The number of alkyl halides is 2. The lowest BCUT2D eigenvalue weighted by molar-refractivity contribution is -0.126. The lowest BCUT2D eigenvalue weighted by atomic mass is 10.0. The van der Waals surface area contributed by atoms with Gasteiger partial charge in [0.25, 0.3) is 0 Å². The predicted octanol–water partition coefficient (Wildman–Crippen LogP) is 2.72. The number of hydrogen-bond donors (Lipinski definition) is 1. The van der Waals surface area contributed by atoms with Crippen molar-refractivity contribution in [3.05, 3.63) is 48.5 Å². The fourth-order valence-electron chi connectivity index (χ4n) is 2.40. The largest absolute Gasteiger partial charge is 0.347 e. The quantitative estimate of drug-likeness (QED) is 0.852. The van der Waals surface area contributed by atoms with E-state index >= 15 is 0 Å². The van der Waals surface area contributed by atoms with Gasteiger partial charge >= 0.3 is 0 Å². The highest BCUT2D eigenvalue weighted by molar-refractivity contribution is 6.53. The van der Waals surface area contributed by atoms with Crippen molar-refractivity contribution in [3.63, 3.8) is 0 Å². The van der Waals surface area contributed by atoms with Crippen molar-refractivity contribution in [3.8, 4) is 0 Å². The average Bonchev–Trinajstić information content (AvgIpc) is 2.85. The summed E-state index contributed by atoms with van der Waals surface area (Å²) in [5.74, 6) is -0.147. The topological polar surface area (TPSA) is 59.8 Å². The van der Waals surface area contributed by atoms with Crippen LogP contribution in [0.5, 0.6) is 0 Å². The fourth-order valence-corrected chi connectivity index (χ4v) is 3.10. The van der Waals surface area contributed by atoms with Crippen LogP contribution in [0.25, 0.3) is 0 Å². The van der Waals surface area contributed by atoms with Crippen LogP contribution in [-0.4, -0.2) is 25.0 Å². The maximum atomic E-state index is 12.5. The molecule has 1 aromatic heterocycles. The summed E-state index contributed by atoms with van der Waals surface area (Å²) in [6.07, 6.45) is 3.54. The summed E-state index contributed by atoms with van der Waals surface area (Å²) in [6.45, 7) is 2.27. The Morgan fingerprint density at radius 2 is 2.09 bits per heavy atom. The Labute approximate surface area is 138 Å². The second kappa shape index (κ2) is 5.56. The normalized spacial score (nSPS) is 23.8. The maximum absolute atomic E-state index is 12.5. The minimum Gasteiger partial charge on any atom is -0.347 e. The maximum Gasteiger partial charge on any atom is 0.229 e. The Morgan fingerprint density at radius 1 is 1.41 bits per heavy atom. The molecular formula is C15H16Cl2N4O. The molecule has 1 aliphatic rings. The summed E-state index contributed by atoms with van der Waals surface area (Å²) < 4.78 is 0.702. The average molecular weight is 339 g/mol. The minimum atomic E-state index is -0.981. The molecule has 1 N–H and O–H groups in total.